The molecule has 1 heterocycles. The number of tetrazole rings is 1. The summed E-state index contributed by atoms with van der Waals surface area (Å²) in [6, 6.07) is 0. The molecule has 0 saturated carbocycles. The Kier molecular flexibility index (Phi) is 1.66. The fraction of sp³-hybridized carbons (Fsp3) is 0.500. The van der Waals surface area contributed by atoms with Crippen molar-refractivity contribution < 1.29 is 18.1 Å². The van der Waals surface area contributed by atoms with Gasteiger partial charge in [-0.3, -0.25) is 0 Å². The van der Waals surface area contributed by atoms with E-state index in [9.17, 15) is 23.3 Å². The van der Waals surface area contributed by atoms with E-state index in [1.807, 2.05) is 0 Å². The summed E-state index contributed by atoms with van der Waals surface area (Å²) in [6.07, 6.45) is -4.97. The fourth-order valence-electron chi connectivity index (χ4n) is 0.460. The molecule has 0 bridgehead atoms. The van der Waals surface area contributed by atoms with E-state index in [-0.39, 0.29) is 0 Å². The number of alkyl halides is 3. The van der Waals surface area contributed by atoms with Crippen LogP contribution in [0.2, 0.25) is 0 Å². The minimum atomic E-state index is -4.97. The Hall–Kier alpha value is -1.74. The van der Waals surface area contributed by atoms with Crippen molar-refractivity contribution in [2.45, 2.75) is 6.30 Å². The molecule has 0 radical (unpaired) electrons. The molecule has 0 aliphatic carbocycles. The van der Waals surface area contributed by atoms with E-state index in [1.165, 1.54) is 0 Å². The lowest BCUT2D eigenvalue weighted by atomic mass is 10.9. The van der Waals surface area contributed by atoms with Crippen LogP contribution in [-0.2, 0) is 6.30 Å². The van der Waals surface area contributed by atoms with Gasteiger partial charge in [-0.25, -0.2) is 0 Å². The minimum Gasteiger partial charge on any atom is -0.390 e. The van der Waals surface area contributed by atoms with E-state index < -0.39 is 21.9 Å². The zero-order chi connectivity index (χ0) is 9.35. The van der Waals surface area contributed by atoms with Crippen LogP contribution >= 0.6 is 0 Å². The molecule has 0 saturated heterocycles. The van der Waals surface area contributed by atoms with Crippen molar-refractivity contribution in [3.8, 4) is 0 Å². The summed E-state index contributed by atoms with van der Waals surface area (Å²) in [7, 11) is 0. The third-order valence-electron chi connectivity index (χ3n) is 0.857. The first-order valence-corrected chi connectivity index (χ1v) is 2.43. The summed E-state index contributed by atoms with van der Waals surface area (Å²) in [4.78, 5) is 8.55. The lowest BCUT2D eigenvalue weighted by molar-refractivity contribution is -0.405. The first kappa shape index (κ1) is 8.36. The molecule has 0 amide bonds. The first-order valence-electron chi connectivity index (χ1n) is 2.43. The summed E-state index contributed by atoms with van der Waals surface area (Å²) in [5.74, 6) is -1.46. The zero-order valence-electron chi connectivity index (χ0n) is 5.19. The highest BCUT2D eigenvalue weighted by Crippen LogP contribution is 2.24. The first-order chi connectivity index (χ1) is 5.43. The largest absolute Gasteiger partial charge is 0.564 e. The van der Waals surface area contributed by atoms with E-state index in [0.717, 1.165) is 0 Å². The number of nitro groups is 1. The standard InChI is InChI=1S/C2F3N5O2/c3-2(4,5)9-1(10(11)12)6-7-8-9. The molecule has 0 fully saturated rings. The van der Waals surface area contributed by atoms with E-state index in [2.05, 4.69) is 15.5 Å². The molecule has 7 nitrogen and oxygen atoms in total. The maximum Gasteiger partial charge on any atom is 0.564 e. The van der Waals surface area contributed by atoms with Crippen LogP contribution in [0.15, 0.2) is 0 Å². The molecule has 0 aliphatic heterocycles. The Morgan fingerprint density at radius 2 is 2.08 bits per heavy atom. The normalized spacial score (nSPS) is 11.6. The van der Waals surface area contributed by atoms with Crippen LogP contribution in [-0.4, -0.2) is 25.1 Å². The maximum absolute atomic E-state index is 11.8. The van der Waals surface area contributed by atoms with Crippen LogP contribution in [0.25, 0.3) is 0 Å². The average Bonchev–Trinajstić information content (AvgIpc) is 2.30. The molecule has 10 heteroatoms. The van der Waals surface area contributed by atoms with E-state index in [1.54, 1.807) is 0 Å². The third-order valence-corrected chi connectivity index (χ3v) is 0.857. The van der Waals surface area contributed by atoms with Gasteiger partial charge in [0.15, 0.2) is 0 Å². The van der Waals surface area contributed by atoms with Gasteiger partial charge in [0.2, 0.25) is 0 Å². The number of hydrogen-bond acceptors (Lipinski definition) is 5. The zero-order valence-corrected chi connectivity index (χ0v) is 5.19. The van der Waals surface area contributed by atoms with Crippen molar-refractivity contribution in [3.05, 3.63) is 10.1 Å². The van der Waals surface area contributed by atoms with Crippen LogP contribution < -0.4 is 0 Å². The maximum atomic E-state index is 11.8. The van der Waals surface area contributed by atoms with Crippen LogP contribution in [0, 0.1) is 10.1 Å². The Bertz CT molecular complexity index is 304. The lowest BCUT2D eigenvalue weighted by Crippen LogP contribution is -2.20. The van der Waals surface area contributed by atoms with Crippen LogP contribution in [0.5, 0.6) is 0 Å². The molecule has 0 N–H and O–H groups in total. The molecule has 1 aromatic heterocycles. The van der Waals surface area contributed by atoms with Crippen molar-refractivity contribution in [2.24, 2.45) is 0 Å². The van der Waals surface area contributed by atoms with Gasteiger partial charge in [-0.05, 0) is 9.61 Å². The summed E-state index contributed by atoms with van der Waals surface area (Å²) in [6.45, 7) is 0. The molecule has 0 aliphatic rings. The number of hydrogen-bond donors (Lipinski definition) is 0. The SMILES string of the molecule is O=[N+]([O-])c1nnnn1C(F)(F)F. The van der Waals surface area contributed by atoms with Gasteiger partial charge in [0, 0.05) is 5.21 Å². The molecule has 66 valence electrons. The van der Waals surface area contributed by atoms with Crippen molar-refractivity contribution >= 4 is 5.95 Å². The van der Waals surface area contributed by atoms with Crippen LogP contribution in [0.3, 0.4) is 0 Å². The third kappa shape index (κ3) is 1.31. The second-order valence-corrected chi connectivity index (χ2v) is 1.62. The number of aromatic nitrogens is 4. The number of nitrogens with zero attached hydrogens (tertiary/aromatic N) is 5. The molecular formula is C2F3N5O2. The number of rotatable bonds is 1. The van der Waals surface area contributed by atoms with Gasteiger partial charge in [0.25, 0.3) is 0 Å². The van der Waals surface area contributed by atoms with Gasteiger partial charge in [-0.1, -0.05) is 0 Å². The highest BCUT2D eigenvalue weighted by atomic mass is 19.4. The van der Waals surface area contributed by atoms with Gasteiger partial charge >= 0.3 is 12.2 Å². The quantitative estimate of drug-likeness (QED) is 0.453. The Morgan fingerprint density at radius 3 is 2.42 bits per heavy atom. The summed E-state index contributed by atoms with van der Waals surface area (Å²) >= 11 is 0. The summed E-state index contributed by atoms with van der Waals surface area (Å²) < 4.78 is 34.4. The number of halogens is 3. The van der Waals surface area contributed by atoms with Gasteiger partial charge in [0.05, 0.1) is 10.3 Å². The molecule has 12 heavy (non-hydrogen) atoms. The molecule has 0 spiro atoms. The van der Waals surface area contributed by atoms with Crippen molar-refractivity contribution in [3.63, 3.8) is 0 Å². The van der Waals surface area contributed by atoms with Gasteiger partial charge in [-0.2, -0.15) is 0 Å². The van der Waals surface area contributed by atoms with Crippen LogP contribution in [0.4, 0.5) is 19.1 Å². The fourth-order valence-corrected chi connectivity index (χ4v) is 0.460. The second kappa shape index (κ2) is 2.39. The summed E-state index contributed by atoms with van der Waals surface area (Å²) in [5, 5.41) is 17.3. The van der Waals surface area contributed by atoms with E-state index in [4.69, 9.17) is 0 Å². The highest BCUT2D eigenvalue weighted by molar-refractivity contribution is 4.98. The van der Waals surface area contributed by atoms with Gasteiger partial charge < -0.3 is 10.1 Å². The Balaban J connectivity index is 3.17. The predicted octanol–water partition coefficient (Wildman–Crippen LogP) is 0.0576. The highest BCUT2D eigenvalue weighted by Gasteiger charge is 2.43. The minimum absolute atomic E-state index is 0.826. The van der Waals surface area contributed by atoms with Crippen molar-refractivity contribution in [1.29, 1.82) is 0 Å². The Labute approximate surface area is 61.9 Å². The topological polar surface area (TPSA) is 86.7 Å². The smallest absolute Gasteiger partial charge is 0.390 e. The van der Waals surface area contributed by atoms with Gasteiger partial charge in [-0.15, -0.1) is 13.2 Å². The lowest BCUT2D eigenvalue weighted by Gasteiger charge is -1.99. The molecule has 0 atom stereocenters. The average molecular weight is 183 g/mol. The van der Waals surface area contributed by atoms with Crippen LogP contribution in [0.1, 0.15) is 0 Å². The summed E-state index contributed by atoms with van der Waals surface area (Å²) in [5.41, 5.74) is 0. The van der Waals surface area contributed by atoms with Gasteiger partial charge in [0.1, 0.15) is 0 Å². The second-order valence-electron chi connectivity index (χ2n) is 1.62. The predicted molar refractivity (Wildman–Crippen MR) is 25.8 cm³/mol. The molecular weight excluding hydrogens is 183 g/mol. The Morgan fingerprint density at radius 1 is 1.50 bits per heavy atom. The van der Waals surface area contributed by atoms with E-state index in [0.29, 0.717) is 0 Å². The van der Waals surface area contributed by atoms with Crippen molar-refractivity contribution in [1.82, 2.24) is 20.2 Å². The van der Waals surface area contributed by atoms with E-state index >= 15 is 0 Å². The molecule has 1 aromatic rings. The molecule has 0 aromatic carbocycles. The van der Waals surface area contributed by atoms with Crippen molar-refractivity contribution in [2.75, 3.05) is 0 Å². The molecule has 1 rings (SSSR count). The monoisotopic (exact) mass is 183 g/mol. The molecule has 0 unspecified atom stereocenters.